The quantitative estimate of drug-likeness (QED) is 0.886. The number of ether oxygens (including phenoxy) is 1. The zero-order valence-corrected chi connectivity index (χ0v) is 13.7. The van der Waals surface area contributed by atoms with Crippen molar-refractivity contribution in [1.29, 1.82) is 0 Å². The number of piperidine rings is 1. The lowest BCUT2D eigenvalue weighted by Gasteiger charge is -2.31. The van der Waals surface area contributed by atoms with E-state index in [1.165, 1.54) is 11.4 Å². The van der Waals surface area contributed by atoms with Gasteiger partial charge in [-0.3, -0.25) is 0 Å². The average Bonchev–Trinajstić information content (AvgIpc) is 2.47. The molecule has 0 spiro atoms. The zero-order valence-electron chi connectivity index (χ0n) is 11.3. The fourth-order valence-electron chi connectivity index (χ4n) is 2.39. The first kappa shape index (κ1) is 15.8. The van der Waals surface area contributed by atoms with Crippen LogP contribution >= 0.6 is 15.9 Å². The summed E-state index contributed by atoms with van der Waals surface area (Å²) in [4.78, 5) is 0.160. The van der Waals surface area contributed by atoms with Gasteiger partial charge in [0.25, 0.3) is 0 Å². The molecule has 1 N–H and O–H groups in total. The van der Waals surface area contributed by atoms with E-state index in [1.54, 1.807) is 18.2 Å². The molecule has 0 saturated carbocycles. The average molecular weight is 364 g/mol. The van der Waals surface area contributed by atoms with Crippen LogP contribution in [0.25, 0.3) is 0 Å². The molecule has 1 heterocycles. The number of hydrogen-bond donors (Lipinski definition) is 1. The molecule has 1 aliphatic heterocycles. The number of rotatable bonds is 4. The van der Waals surface area contributed by atoms with Gasteiger partial charge in [0.15, 0.2) is 0 Å². The monoisotopic (exact) mass is 363 g/mol. The molecule has 1 fully saturated rings. The SMILES string of the molecule is COc1ccc(Br)cc1S(=O)(=O)N1CCCC(CO)C1. The lowest BCUT2D eigenvalue weighted by Crippen LogP contribution is -2.41. The molecule has 20 heavy (non-hydrogen) atoms. The van der Waals surface area contributed by atoms with Crippen LogP contribution in [0.2, 0.25) is 0 Å². The molecule has 1 aliphatic rings. The minimum Gasteiger partial charge on any atom is -0.495 e. The fourth-order valence-corrected chi connectivity index (χ4v) is 4.63. The topological polar surface area (TPSA) is 66.8 Å². The van der Waals surface area contributed by atoms with E-state index in [0.717, 1.165) is 12.8 Å². The van der Waals surface area contributed by atoms with Gasteiger partial charge in [-0.25, -0.2) is 8.42 Å². The number of aliphatic hydroxyl groups is 1. The summed E-state index contributed by atoms with van der Waals surface area (Å²) in [5.41, 5.74) is 0. The molecule has 1 atom stereocenters. The van der Waals surface area contributed by atoms with Crippen LogP contribution in [0.3, 0.4) is 0 Å². The van der Waals surface area contributed by atoms with Gasteiger partial charge < -0.3 is 9.84 Å². The van der Waals surface area contributed by atoms with Crippen molar-refractivity contribution < 1.29 is 18.3 Å². The van der Waals surface area contributed by atoms with E-state index in [1.807, 2.05) is 0 Å². The molecular formula is C13H18BrNO4S. The second-order valence-electron chi connectivity index (χ2n) is 4.85. The molecule has 2 rings (SSSR count). The third kappa shape index (κ3) is 3.16. The molecule has 0 aliphatic carbocycles. The van der Waals surface area contributed by atoms with E-state index in [2.05, 4.69) is 15.9 Å². The van der Waals surface area contributed by atoms with E-state index in [-0.39, 0.29) is 17.4 Å². The maximum Gasteiger partial charge on any atom is 0.246 e. The summed E-state index contributed by atoms with van der Waals surface area (Å²) in [5, 5.41) is 9.24. The highest BCUT2D eigenvalue weighted by atomic mass is 79.9. The number of benzene rings is 1. The third-order valence-corrected chi connectivity index (χ3v) is 5.86. The Balaban J connectivity index is 2.37. The lowest BCUT2D eigenvalue weighted by atomic mass is 10.0. The number of hydrogen-bond acceptors (Lipinski definition) is 4. The van der Waals surface area contributed by atoms with Crippen molar-refractivity contribution in [3.8, 4) is 5.75 Å². The molecular weight excluding hydrogens is 346 g/mol. The van der Waals surface area contributed by atoms with Crippen LogP contribution in [0.1, 0.15) is 12.8 Å². The first-order valence-electron chi connectivity index (χ1n) is 6.43. The van der Waals surface area contributed by atoms with Crippen LogP contribution in [0, 0.1) is 5.92 Å². The van der Waals surface area contributed by atoms with Crippen molar-refractivity contribution in [3.05, 3.63) is 22.7 Å². The number of methoxy groups -OCH3 is 1. The maximum atomic E-state index is 12.7. The van der Waals surface area contributed by atoms with Crippen molar-refractivity contribution in [2.45, 2.75) is 17.7 Å². The molecule has 0 radical (unpaired) electrons. The van der Waals surface area contributed by atoms with Crippen LogP contribution in [0.15, 0.2) is 27.6 Å². The van der Waals surface area contributed by atoms with Gasteiger partial charge in [0.05, 0.1) is 7.11 Å². The predicted octanol–water partition coefficient (Wildman–Crippen LogP) is 1.85. The van der Waals surface area contributed by atoms with E-state index < -0.39 is 10.0 Å². The summed E-state index contributed by atoms with van der Waals surface area (Å²) in [6, 6.07) is 4.92. The molecule has 1 aromatic carbocycles. The summed E-state index contributed by atoms with van der Waals surface area (Å²) >= 11 is 3.29. The summed E-state index contributed by atoms with van der Waals surface area (Å²) in [6.07, 6.45) is 1.62. The summed E-state index contributed by atoms with van der Waals surface area (Å²) in [6.45, 7) is 0.852. The Morgan fingerprint density at radius 3 is 2.90 bits per heavy atom. The van der Waals surface area contributed by atoms with Crippen LogP contribution < -0.4 is 4.74 Å². The van der Waals surface area contributed by atoms with E-state index in [9.17, 15) is 13.5 Å². The number of halogens is 1. The van der Waals surface area contributed by atoms with Gasteiger partial charge in [0, 0.05) is 24.2 Å². The smallest absolute Gasteiger partial charge is 0.246 e. The second-order valence-corrected chi connectivity index (χ2v) is 7.67. The molecule has 5 nitrogen and oxygen atoms in total. The van der Waals surface area contributed by atoms with Crippen LogP contribution in [-0.4, -0.2) is 44.6 Å². The summed E-state index contributed by atoms with van der Waals surface area (Å²) in [5.74, 6) is 0.344. The largest absolute Gasteiger partial charge is 0.495 e. The molecule has 112 valence electrons. The highest BCUT2D eigenvalue weighted by molar-refractivity contribution is 9.10. The van der Waals surface area contributed by atoms with Gasteiger partial charge in [-0.05, 0) is 37.0 Å². The third-order valence-electron chi connectivity index (χ3n) is 3.48. The molecule has 0 bridgehead atoms. The normalized spacial score (nSPS) is 20.9. The van der Waals surface area contributed by atoms with Crippen molar-refractivity contribution in [2.24, 2.45) is 5.92 Å². The minimum atomic E-state index is -3.60. The summed E-state index contributed by atoms with van der Waals surface area (Å²) in [7, 11) is -2.15. The lowest BCUT2D eigenvalue weighted by molar-refractivity contribution is 0.165. The second kappa shape index (κ2) is 6.43. The Labute approximate surface area is 127 Å². The van der Waals surface area contributed by atoms with Crippen molar-refractivity contribution in [1.82, 2.24) is 4.31 Å². The van der Waals surface area contributed by atoms with Gasteiger partial charge in [-0.15, -0.1) is 0 Å². The maximum absolute atomic E-state index is 12.7. The highest BCUT2D eigenvalue weighted by Gasteiger charge is 2.32. The van der Waals surface area contributed by atoms with Gasteiger partial charge in [0.2, 0.25) is 10.0 Å². The Hall–Kier alpha value is -0.630. The molecule has 1 aromatic rings. The molecule has 1 unspecified atom stereocenters. The van der Waals surface area contributed by atoms with Crippen molar-refractivity contribution >= 4 is 26.0 Å². The molecule has 1 saturated heterocycles. The Bertz CT molecular complexity index is 576. The fraction of sp³-hybridized carbons (Fsp3) is 0.538. The highest BCUT2D eigenvalue weighted by Crippen LogP contribution is 2.31. The van der Waals surface area contributed by atoms with Crippen LogP contribution in [-0.2, 0) is 10.0 Å². The number of sulfonamides is 1. The van der Waals surface area contributed by atoms with Crippen LogP contribution in [0.4, 0.5) is 0 Å². The number of aliphatic hydroxyl groups excluding tert-OH is 1. The van der Waals surface area contributed by atoms with Gasteiger partial charge >= 0.3 is 0 Å². The van der Waals surface area contributed by atoms with Crippen molar-refractivity contribution in [2.75, 3.05) is 26.8 Å². The standard InChI is InChI=1S/C13H18BrNO4S/c1-19-12-5-4-11(14)7-13(12)20(17,18)15-6-2-3-10(8-15)9-16/h4-5,7,10,16H,2-3,6,8-9H2,1H3. The molecule has 0 aromatic heterocycles. The van der Waals surface area contributed by atoms with Gasteiger partial charge in [0.1, 0.15) is 10.6 Å². The Morgan fingerprint density at radius 2 is 2.25 bits per heavy atom. The predicted molar refractivity (Wildman–Crippen MR) is 79.3 cm³/mol. The molecule has 0 amide bonds. The minimum absolute atomic E-state index is 0.0108. The molecule has 7 heteroatoms. The van der Waals surface area contributed by atoms with Crippen LogP contribution in [0.5, 0.6) is 5.75 Å². The number of nitrogens with zero attached hydrogens (tertiary/aromatic N) is 1. The Morgan fingerprint density at radius 1 is 1.50 bits per heavy atom. The van der Waals surface area contributed by atoms with E-state index in [0.29, 0.717) is 23.3 Å². The zero-order chi connectivity index (χ0) is 14.8. The van der Waals surface area contributed by atoms with E-state index in [4.69, 9.17) is 4.74 Å². The van der Waals surface area contributed by atoms with Crippen molar-refractivity contribution in [3.63, 3.8) is 0 Å². The first-order valence-corrected chi connectivity index (χ1v) is 8.67. The first-order chi connectivity index (χ1) is 9.48. The van der Waals surface area contributed by atoms with Gasteiger partial charge in [-0.2, -0.15) is 4.31 Å². The van der Waals surface area contributed by atoms with Gasteiger partial charge in [-0.1, -0.05) is 15.9 Å². The van der Waals surface area contributed by atoms with E-state index >= 15 is 0 Å². The summed E-state index contributed by atoms with van der Waals surface area (Å²) < 4.78 is 32.7. The Kier molecular flexibility index (Phi) is 5.06.